The average Bonchev–Trinajstić information content (AvgIpc) is 2.39. The Morgan fingerprint density at radius 3 is 3.00 bits per heavy atom. The van der Waals surface area contributed by atoms with Crippen molar-refractivity contribution in [2.75, 3.05) is 5.32 Å². The number of hydrogen-bond acceptors (Lipinski definition) is 3. The monoisotopic (exact) mass is 239 g/mol. The first kappa shape index (κ1) is 11.2. The van der Waals surface area contributed by atoms with Gasteiger partial charge in [0.15, 0.2) is 0 Å². The zero-order chi connectivity index (χ0) is 12.4. The number of fused-ring (bicyclic) bond motifs is 1. The van der Waals surface area contributed by atoms with Crippen LogP contribution in [0.3, 0.4) is 0 Å². The van der Waals surface area contributed by atoms with Crippen LogP contribution in [0.5, 0.6) is 0 Å². The van der Waals surface area contributed by atoms with Crippen molar-refractivity contribution in [3.05, 3.63) is 53.5 Å². The predicted molar refractivity (Wildman–Crippen MR) is 72.5 cm³/mol. The van der Waals surface area contributed by atoms with Gasteiger partial charge in [-0.2, -0.15) is 0 Å². The second-order valence-electron chi connectivity index (χ2n) is 4.78. The number of benzene rings is 1. The third-order valence-corrected chi connectivity index (χ3v) is 3.47. The van der Waals surface area contributed by atoms with Crippen molar-refractivity contribution in [3.8, 4) is 0 Å². The van der Waals surface area contributed by atoms with Crippen LogP contribution in [0.4, 0.5) is 5.82 Å². The molecule has 1 atom stereocenters. The van der Waals surface area contributed by atoms with Crippen molar-refractivity contribution in [1.82, 2.24) is 9.97 Å². The molecule has 92 valence electrons. The highest BCUT2D eigenvalue weighted by Gasteiger charge is 2.19. The van der Waals surface area contributed by atoms with Gasteiger partial charge in [-0.1, -0.05) is 24.3 Å². The number of aryl methyl sites for hydroxylation is 2. The van der Waals surface area contributed by atoms with E-state index in [1.807, 2.05) is 13.0 Å². The molecule has 0 saturated carbocycles. The van der Waals surface area contributed by atoms with Gasteiger partial charge in [0.2, 0.25) is 0 Å². The van der Waals surface area contributed by atoms with E-state index in [9.17, 15) is 0 Å². The first-order valence-corrected chi connectivity index (χ1v) is 6.47. The zero-order valence-corrected chi connectivity index (χ0v) is 10.6. The summed E-state index contributed by atoms with van der Waals surface area (Å²) in [5.41, 5.74) is 2.88. The Kier molecular flexibility index (Phi) is 2.97. The molecule has 3 heteroatoms. The van der Waals surface area contributed by atoms with Crippen LogP contribution in [-0.4, -0.2) is 9.97 Å². The molecule has 1 N–H and O–H groups in total. The summed E-state index contributed by atoms with van der Waals surface area (Å²) in [4.78, 5) is 8.54. The highest BCUT2D eigenvalue weighted by molar-refractivity contribution is 5.41. The SMILES string of the molecule is Cc1nccc(N[C@@H]2CCCc3ccccc32)n1. The van der Waals surface area contributed by atoms with E-state index in [2.05, 4.69) is 39.6 Å². The van der Waals surface area contributed by atoms with Crippen LogP contribution < -0.4 is 5.32 Å². The summed E-state index contributed by atoms with van der Waals surface area (Å²) >= 11 is 0. The molecule has 0 saturated heterocycles. The molecule has 1 aromatic carbocycles. The molecule has 0 radical (unpaired) electrons. The minimum atomic E-state index is 0.379. The molecule has 18 heavy (non-hydrogen) atoms. The highest BCUT2D eigenvalue weighted by Crippen LogP contribution is 2.31. The number of aromatic nitrogens is 2. The van der Waals surface area contributed by atoms with E-state index in [0.29, 0.717) is 6.04 Å². The van der Waals surface area contributed by atoms with Gasteiger partial charge in [-0.25, -0.2) is 9.97 Å². The van der Waals surface area contributed by atoms with E-state index in [0.717, 1.165) is 11.6 Å². The quantitative estimate of drug-likeness (QED) is 0.874. The summed E-state index contributed by atoms with van der Waals surface area (Å²) in [6.07, 6.45) is 5.40. The van der Waals surface area contributed by atoms with E-state index >= 15 is 0 Å². The normalized spacial score (nSPS) is 18.2. The molecule has 0 bridgehead atoms. The molecule has 1 aliphatic carbocycles. The van der Waals surface area contributed by atoms with Gasteiger partial charge in [-0.3, -0.25) is 0 Å². The van der Waals surface area contributed by atoms with Crippen LogP contribution in [0.2, 0.25) is 0 Å². The largest absolute Gasteiger partial charge is 0.363 e. The third kappa shape index (κ3) is 2.21. The molecule has 1 aliphatic rings. The van der Waals surface area contributed by atoms with E-state index in [1.54, 1.807) is 6.20 Å². The first-order valence-electron chi connectivity index (χ1n) is 6.47. The highest BCUT2D eigenvalue weighted by atomic mass is 15.0. The number of nitrogens with one attached hydrogen (secondary N) is 1. The van der Waals surface area contributed by atoms with Gasteiger partial charge < -0.3 is 5.32 Å². The maximum absolute atomic E-state index is 4.42. The Hall–Kier alpha value is -1.90. The molecular weight excluding hydrogens is 222 g/mol. The Balaban J connectivity index is 1.86. The maximum atomic E-state index is 4.42. The van der Waals surface area contributed by atoms with Crippen molar-refractivity contribution in [3.63, 3.8) is 0 Å². The smallest absolute Gasteiger partial charge is 0.130 e. The first-order chi connectivity index (χ1) is 8.83. The molecule has 1 aromatic heterocycles. The minimum Gasteiger partial charge on any atom is -0.363 e. The molecule has 2 aromatic rings. The fourth-order valence-electron chi connectivity index (χ4n) is 2.62. The van der Waals surface area contributed by atoms with E-state index in [-0.39, 0.29) is 0 Å². The van der Waals surface area contributed by atoms with Gasteiger partial charge in [-0.05, 0) is 43.4 Å². The molecule has 1 heterocycles. The van der Waals surface area contributed by atoms with Crippen molar-refractivity contribution in [2.45, 2.75) is 32.2 Å². The summed E-state index contributed by atoms with van der Waals surface area (Å²) < 4.78 is 0. The second kappa shape index (κ2) is 4.77. The summed E-state index contributed by atoms with van der Waals surface area (Å²) in [6, 6.07) is 11.0. The maximum Gasteiger partial charge on any atom is 0.130 e. The summed E-state index contributed by atoms with van der Waals surface area (Å²) in [6.45, 7) is 1.92. The van der Waals surface area contributed by atoms with Crippen molar-refractivity contribution >= 4 is 5.82 Å². The van der Waals surface area contributed by atoms with Gasteiger partial charge in [0.05, 0.1) is 6.04 Å². The van der Waals surface area contributed by atoms with Crippen LogP contribution in [0.1, 0.15) is 35.8 Å². The molecule has 3 nitrogen and oxygen atoms in total. The standard InChI is InChI=1S/C15H17N3/c1-11-16-10-9-15(17-11)18-14-8-4-6-12-5-2-3-7-13(12)14/h2-3,5,7,9-10,14H,4,6,8H2,1H3,(H,16,17,18)/t14-/m1/s1. The number of hydrogen-bond donors (Lipinski definition) is 1. The topological polar surface area (TPSA) is 37.8 Å². The average molecular weight is 239 g/mol. The minimum absolute atomic E-state index is 0.379. The van der Waals surface area contributed by atoms with Crippen LogP contribution in [-0.2, 0) is 6.42 Å². The molecule has 0 amide bonds. The summed E-state index contributed by atoms with van der Waals surface area (Å²) in [5, 5.41) is 3.53. The van der Waals surface area contributed by atoms with Gasteiger partial charge in [0.1, 0.15) is 11.6 Å². The lowest BCUT2D eigenvalue weighted by Gasteiger charge is -2.26. The fraction of sp³-hybridized carbons (Fsp3) is 0.333. The molecule has 0 spiro atoms. The van der Waals surface area contributed by atoms with Gasteiger partial charge in [-0.15, -0.1) is 0 Å². The zero-order valence-electron chi connectivity index (χ0n) is 10.6. The van der Waals surface area contributed by atoms with Gasteiger partial charge in [0.25, 0.3) is 0 Å². The van der Waals surface area contributed by atoms with Crippen LogP contribution in [0.25, 0.3) is 0 Å². The number of nitrogens with zero attached hydrogens (tertiary/aromatic N) is 2. The Labute approximate surface area is 107 Å². The Bertz CT molecular complexity index is 551. The summed E-state index contributed by atoms with van der Waals surface area (Å²) in [5.74, 6) is 1.73. The predicted octanol–water partition coefficient (Wildman–Crippen LogP) is 3.27. The van der Waals surface area contributed by atoms with Crippen molar-refractivity contribution in [2.24, 2.45) is 0 Å². The summed E-state index contributed by atoms with van der Waals surface area (Å²) in [7, 11) is 0. The Morgan fingerprint density at radius 1 is 1.22 bits per heavy atom. The number of rotatable bonds is 2. The van der Waals surface area contributed by atoms with Crippen molar-refractivity contribution < 1.29 is 0 Å². The van der Waals surface area contributed by atoms with E-state index in [4.69, 9.17) is 0 Å². The molecule has 0 unspecified atom stereocenters. The lowest BCUT2D eigenvalue weighted by atomic mass is 9.88. The van der Waals surface area contributed by atoms with Crippen LogP contribution in [0, 0.1) is 6.92 Å². The molecule has 3 rings (SSSR count). The second-order valence-corrected chi connectivity index (χ2v) is 4.78. The third-order valence-electron chi connectivity index (χ3n) is 3.47. The molecule has 0 aliphatic heterocycles. The number of anilines is 1. The van der Waals surface area contributed by atoms with Gasteiger partial charge in [0, 0.05) is 6.20 Å². The van der Waals surface area contributed by atoms with Gasteiger partial charge >= 0.3 is 0 Å². The van der Waals surface area contributed by atoms with Crippen molar-refractivity contribution in [1.29, 1.82) is 0 Å². The Morgan fingerprint density at radius 2 is 2.11 bits per heavy atom. The van der Waals surface area contributed by atoms with E-state index in [1.165, 1.54) is 30.4 Å². The lowest BCUT2D eigenvalue weighted by Crippen LogP contribution is -2.18. The van der Waals surface area contributed by atoms with E-state index < -0.39 is 0 Å². The van der Waals surface area contributed by atoms with Crippen LogP contribution >= 0.6 is 0 Å². The fourth-order valence-corrected chi connectivity index (χ4v) is 2.62. The lowest BCUT2D eigenvalue weighted by molar-refractivity contribution is 0.598. The van der Waals surface area contributed by atoms with Crippen LogP contribution in [0.15, 0.2) is 36.5 Å². The molecule has 0 fully saturated rings. The molecular formula is C15H17N3.